The standard InChI is InChI=1S/C19H19NO2/c1-19(2,3)15-8-14(9-16(21)11-15)13-5-4-12-6-7-18(22)20-17(12)10-13/h4-11,21H,1-3H3,(H,20,22). The van der Waals surface area contributed by atoms with Gasteiger partial charge < -0.3 is 10.1 Å². The Bertz CT molecular complexity index is 901. The highest BCUT2D eigenvalue weighted by Crippen LogP contribution is 2.32. The summed E-state index contributed by atoms with van der Waals surface area (Å²) < 4.78 is 0. The van der Waals surface area contributed by atoms with Gasteiger partial charge in [0.2, 0.25) is 5.56 Å². The number of H-pyrrole nitrogens is 1. The molecule has 0 aliphatic heterocycles. The van der Waals surface area contributed by atoms with E-state index in [1.165, 1.54) is 6.07 Å². The SMILES string of the molecule is CC(C)(C)c1cc(O)cc(-c2ccc3ccc(=O)[nH]c3c2)c1. The Morgan fingerprint density at radius 3 is 2.36 bits per heavy atom. The molecule has 3 heteroatoms. The van der Waals surface area contributed by atoms with Crippen LogP contribution in [-0.4, -0.2) is 10.1 Å². The van der Waals surface area contributed by atoms with Crippen LogP contribution in [-0.2, 0) is 5.41 Å². The van der Waals surface area contributed by atoms with Crippen LogP contribution in [0.4, 0.5) is 0 Å². The molecule has 0 bridgehead atoms. The fourth-order valence-corrected chi connectivity index (χ4v) is 2.54. The van der Waals surface area contributed by atoms with E-state index in [0.29, 0.717) is 0 Å². The summed E-state index contributed by atoms with van der Waals surface area (Å²) in [7, 11) is 0. The third-order valence-corrected chi connectivity index (χ3v) is 3.84. The van der Waals surface area contributed by atoms with Crippen LogP contribution in [0.5, 0.6) is 5.75 Å². The highest BCUT2D eigenvalue weighted by Gasteiger charge is 2.16. The third-order valence-electron chi connectivity index (χ3n) is 3.84. The zero-order chi connectivity index (χ0) is 15.9. The van der Waals surface area contributed by atoms with Crippen molar-refractivity contribution in [2.45, 2.75) is 26.2 Å². The molecule has 0 fully saturated rings. The van der Waals surface area contributed by atoms with Crippen LogP contribution in [0.2, 0.25) is 0 Å². The van der Waals surface area contributed by atoms with Crippen LogP contribution in [0.25, 0.3) is 22.0 Å². The quantitative estimate of drug-likeness (QED) is 0.706. The number of pyridine rings is 1. The van der Waals surface area contributed by atoms with E-state index in [9.17, 15) is 9.90 Å². The number of rotatable bonds is 1. The van der Waals surface area contributed by atoms with Gasteiger partial charge >= 0.3 is 0 Å². The van der Waals surface area contributed by atoms with E-state index in [2.05, 4.69) is 31.8 Å². The van der Waals surface area contributed by atoms with Crippen LogP contribution >= 0.6 is 0 Å². The number of fused-ring (bicyclic) bond motifs is 1. The Kier molecular flexibility index (Phi) is 3.28. The number of nitrogens with one attached hydrogen (secondary N) is 1. The van der Waals surface area contributed by atoms with Gasteiger partial charge in [0.05, 0.1) is 0 Å². The highest BCUT2D eigenvalue weighted by atomic mass is 16.3. The van der Waals surface area contributed by atoms with Gasteiger partial charge in [-0.15, -0.1) is 0 Å². The first-order valence-electron chi connectivity index (χ1n) is 7.31. The molecule has 3 rings (SSSR count). The lowest BCUT2D eigenvalue weighted by Crippen LogP contribution is -2.10. The summed E-state index contributed by atoms with van der Waals surface area (Å²) in [5.74, 6) is 0.254. The van der Waals surface area contributed by atoms with E-state index in [0.717, 1.165) is 27.6 Å². The number of aromatic hydroxyl groups is 1. The maximum atomic E-state index is 11.5. The maximum Gasteiger partial charge on any atom is 0.248 e. The van der Waals surface area contributed by atoms with Crippen molar-refractivity contribution in [1.29, 1.82) is 0 Å². The van der Waals surface area contributed by atoms with Gasteiger partial charge in [-0.1, -0.05) is 39.0 Å². The van der Waals surface area contributed by atoms with Gasteiger partial charge in [-0.2, -0.15) is 0 Å². The van der Waals surface area contributed by atoms with E-state index < -0.39 is 0 Å². The summed E-state index contributed by atoms with van der Waals surface area (Å²) in [6.07, 6.45) is 0. The largest absolute Gasteiger partial charge is 0.508 e. The second-order valence-electron chi connectivity index (χ2n) is 6.64. The van der Waals surface area contributed by atoms with Crippen LogP contribution < -0.4 is 5.56 Å². The summed E-state index contributed by atoms with van der Waals surface area (Å²) in [4.78, 5) is 14.3. The molecule has 3 aromatic rings. The maximum absolute atomic E-state index is 11.5. The van der Waals surface area contributed by atoms with Gasteiger partial charge in [0.25, 0.3) is 0 Å². The van der Waals surface area contributed by atoms with Gasteiger partial charge in [-0.25, -0.2) is 0 Å². The van der Waals surface area contributed by atoms with Crippen molar-refractivity contribution >= 4 is 10.9 Å². The van der Waals surface area contributed by atoms with Crippen molar-refractivity contribution < 1.29 is 5.11 Å². The van der Waals surface area contributed by atoms with Gasteiger partial charge in [-0.05, 0) is 51.8 Å². The average Bonchev–Trinajstić information content (AvgIpc) is 2.45. The van der Waals surface area contributed by atoms with Crippen LogP contribution in [0.3, 0.4) is 0 Å². The minimum Gasteiger partial charge on any atom is -0.508 e. The number of phenolic OH excluding ortho intramolecular Hbond substituents is 1. The molecule has 0 amide bonds. The third kappa shape index (κ3) is 2.75. The topological polar surface area (TPSA) is 53.1 Å². The normalized spacial score (nSPS) is 11.8. The predicted octanol–water partition coefficient (Wildman–Crippen LogP) is 4.20. The molecule has 0 unspecified atom stereocenters. The number of hydrogen-bond acceptors (Lipinski definition) is 2. The van der Waals surface area contributed by atoms with Crippen molar-refractivity contribution in [2.24, 2.45) is 0 Å². The molecule has 0 aliphatic carbocycles. The fraction of sp³-hybridized carbons (Fsp3) is 0.211. The second kappa shape index (κ2) is 5.02. The number of hydrogen-bond donors (Lipinski definition) is 2. The van der Waals surface area contributed by atoms with Crippen molar-refractivity contribution in [3.8, 4) is 16.9 Å². The van der Waals surface area contributed by atoms with Crippen LogP contribution in [0.15, 0.2) is 53.3 Å². The summed E-state index contributed by atoms with van der Waals surface area (Å²) in [5, 5.41) is 11.0. The minimum atomic E-state index is -0.115. The minimum absolute atomic E-state index is 0.0430. The first-order valence-corrected chi connectivity index (χ1v) is 7.31. The zero-order valence-corrected chi connectivity index (χ0v) is 13.0. The fourth-order valence-electron chi connectivity index (χ4n) is 2.54. The average molecular weight is 293 g/mol. The molecular weight excluding hydrogens is 274 g/mol. The molecule has 2 N–H and O–H groups in total. The lowest BCUT2D eigenvalue weighted by molar-refractivity contribution is 0.471. The number of benzene rings is 2. The van der Waals surface area contributed by atoms with E-state index in [1.807, 2.05) is 18.2 Å². The van der Waals surface area contributed by atoms with Crippen molar-refractivity contribution in [3.63, 3.8) is 0 Å². The molecule has 3 nitrogen and oxygen atoms in total. The van der Waals surface area contributed by atoms with E-state index in [-0.39, 0.29) is 16.7 Å². The van der Waals surface area contributed by atoms with Crippen molar-refractivity contribution in [3.05, 3.63) is 64.4 Å². The molecular formula is C19H19NO2. The van der Waals surface area contributed by atoms with Crippen molar-refractivity contribution in [1.82, 2.24) is 4.98 Å². The van der Waals surface area contributed by atoms with E-state index in [4.69, 9.17) is 0 Å². The molecule has 1 heterocycles. The van der Waals surface area contributed by atoms with E-state index >= 15 is 0 Å². The predicted molar refractivity (Wildman–Crippen MR) is 90.4 cm³/mol. The molecule has 0 spiro atoms. The highest BCUT2D eigenvalue weighted by molar-refractivity contribution is 5.84. The number of aromatic amines is 1. The molecule has 0 saturated carbocycles. The van der Waals surface area contributed by atoms with Gasteiger partial charge in [-0.3, -0.25) is 4.79 Å². The summed E-state index contributed by atoms with van der Waals surface area (Å²) in [6, 6.07) is 14.9. The van der Waals surface area contributed by atoms with Gasteiger partial charge in [0, 0.05) is 11.6 Å². The number of phenols is 1. The Morgan fingerprint density at radius 1 is 0.909 bits per heavy atom. The zero-order valence-electron chi connectivity index (χ0n) is 13.0. The lowest BCUT2D eigenvalue weighted by Gasteiger charge is -2.20. The Hall–Kier alpha value is -2.55. The molecule has 2 aromatic carbocycles. The Morgan fingerprint density at radius 2 is 1.64 bits per heavy atom. The van der Waals surface area contributed by atoms with Crippen molar-refractivity contribution in [2.75, 3.05) is 0 Å². The monoisotopic (exact) mass is 293 g/mol. The number of aromatic nitrogens is 1. The lowest BCUT2D eigenvalue weighted by atomic mass is 9.85. The molecule has 0 aliphatic rings. The molecule has 112 valence electrons. The molecule has 0 saturated heterocycles. The smallest absolute Gasteiger partial charge is 0.248 e. The molecule has 0 radical (unpaired) electrons. The molecule has 0 atom stereocenters. The first kappa shape index (κ1) is 14.4. The van der Waals surface area contributed by atoms with Gasteiger partial charge in [0.1, 0.15) is 5.75 Å². The van der Waals surface area contributed by atoms with Gasteiger partial charge in [0.15, 0.2) is 0 Å². The molecule has 1 aromatic heterocycles. The van der Waals surface area contributed by atoms with Crippen LogP contribution in [0.1, 0.15) is 26.3 Å². The Balaban J connectivity index is 2.18. The summed E-state index contributed by atoms with van der Waals surface area (Å²) >= 11 is 0. The first-order chi connectivity index (χ1) is 10.3. The van der Waals surface area contributed by atoms with Crippen LogP contribution in [0, 0.1) is 0 Å². The summed E-state index contributed by atoms with van der Waals surface area (Å²) in [6.45, 7) is 6.34. The summed E-state index contributed by atoms with van der Waals surface area (Å²) in [5.41, 5.74) is 3.62. The second-order valence-corrected chi connectivity index (χ2v) is 6.64. The molecule has 22 heavy (non-hydrogen) atoms. The Labute approximate surface area is 129 Å². The van der Waals surface area contributed by atoms with E-state index in [1.54, 1.807) is 18.2 Å².